The zero-order valence-corrected chi connectivity index (χ0v) is 9.04. The summed E-state index contributed by atoms with van der Waals surface area (Å²) in [5.74, 6) is 0. The van der Waals surface area contributed by atoms with Crippen molar-refractivity contribution in [1.29, 1.82) is 0 Å². The standard InChI is InChI=1S/C13H11ClN/c14-13-5-1-3-11(9-13)6-7-12-4-2-8-15-10-12/h1-5,8-9H,6-7H2. The molecule has 0 unspecified atom stereocenters. The highest BCUT2D eigenvalue weighted by atomic mass is 35.5. The minimum Gasteiger partial charge on any atom is -0.254 e. The Morgan fingerprint density at radius 2 is 2.07 bits per heavy atom. The predicted octanol–water partition coefficient (Wildman–Crippen LogP) is 3.32. The van der Waals surface area contributed by atoms with Gasteiger partial charge in [0.1, 0.15) is 0 Å². The lowest BCUT2D eigenvalue weighted by Crippen LogP contribution is -1.91. The van der Waals surface area contributed by atoms with Crippen LogP contribution in [0.15, 0.2) is 42.6 Å². The van der Waals surface area contributed by atoms with Gasteiger partial charge in [-0.25, -0.2) is 0 Å². The maximum Gasteiger partial charge on any atom is 0.0920 e. The van der Waals surface area contributed by atoms with Gasteiger partial charge < -0.3 is 0 Å². The highest BCUT2D eigenvalue weighted by Crippen LogP contribution is 2.12. The van der Waals surface area contributed by atoms with Gasteiger partial charge in [0.05, 0.1) is 6.20 Å². The molecule has 2 aromatic rings. The van der Waals surface area contributed by atoms with Gasteiger partial charge in [0.2, 0.25) is 0 Å². The smallest absolute Gasteiger partial charge is 0.0920 e. The van der Waals surface area contributed by atoms with Gasteiger partial charge in [-0.2, -0.15) is 0 Å². The maximum atomic E-state index is 5.91. The summed E-state index contributed by atoms with van der Waals surface area (Å²) in [5, 5.41) is 0.794. The van der Waals surface area contributed by atoms with E-state index in [1.54, 1.807) is 6.20 Å². The lowest BCUT2D eigenvalue weighted by atomic mass is 10.1. The van der Waals surface area contributed by atoms with Crippen molar-refractivity contribution in [2.24, 2.45) is 0 Å². The fourth-order valence-corrected chi connectivity index (χ4v) is 1.68. The van der Waals surface area contributed by atoms with E-state index in [2.05, 4.69) is 17.2 Å². The number of pyridine rings is 1. The molecule has 2 heteroatoms. The Labute approximate surface area is 94.7 Å². The molecule has 0 aliphatic heterocycles. The van der Waals surface area contributed by atoms with Crippen molar-refractivity contribution in [3.8, 4) is 0 Å². The largest absolute Gasteiger partial charge is 0.254 e. The first-order chi connectivity index (χ1) is 7.34. The molecule has 1 radical (unpaired) electrons. The topological polar surface area (TPSA) is 12.9 Å². The number of halogens is 1. The Bertz CT molecular complexity index is 426. The summed E-state index contributed by atoms with van der Waals surface area (Å²) in [7, 11) is 0. The van der Waals surface area contributed by atoms with Gasteiger partial charge in [0, 0.05) is 11.2 Å². The third kappa shape index (κ3) is 3.07. The van der Waals surface area contributed by atoms with E-state index in [-0.39, 0.29) is 0 Å². The average molecular weight is 217 g/mol. The van der Waals surface area contributed by atoms with Crippen LogP contribution in [0.1, 0.15) is 11.1 Å². The number of nitrogens with zero attached hydrogens (tertiary/aromatic N) is 1. The molecule has 75 valence electrons. The molecule has 15 heavy (non-hydrogen) atoms. The zero-order chi connectivity index (χ0) is 10.5. The molecule has 0 N–H and O–H groups in total. The van der Waals surface area contributed by atoms with Crippen LogP contribution in [0.4, 0.5) is 0 Å². The number of aromatic nitrogens is 1. The van der Waals surface area contributed by atoms with Crippen molar-refractivity contribution in [3.05, 3.63) is 64.9 Å². The summed E-state index contributed by atoms with van der Waals surface area (Å²) >= 11 is 5.91. The second-order valence-corrected chi connectivity index (χ2v) is 3.84. The van der Waals surface area contributed by atoms with Crippen LogP contribution in [0.2, 0.25) is 5.02 Å². The Kier molecular flexibility index (Phi) is 3.36. The fraction of sp³-hybridized carbons (Fsp3) is 0.154. The number of hydrogen-bond acceptors (Lipinski definition) is 1. The summed E-state index contributed by atoms with van der Waals surface area (Å²) in [6.07, 6.45) is 6.64. The van der Waals surface area contributed by atoms with Crippen LogP contribution in [-0.2, 0) is 12.8 Å². The Morgan fingerprint density at radius 1 is 1.13 bits per heavy atom. The lowest BCUT2D eigenvalue weighted by molar-refractivity contribution is 0.947. The first-order valence-corrected chi connectivity index (χ1v) is 5.28. The van der Waals surface area contributed by atoms with E-state index < -0.39 is 0 Å². The van der Waals surface area contributed by atoms with Crippen molar-refractivity contribution in [2.45, 2.75) is 12.8 Å². The van der Waals surface area contributed by atoms with Crippen molar-refractivity contribution in [2.75, 3.05) is 0 Å². The monoisotopic (exact) mass is 216 g/mol. The minimum absolute atomic E-state index is 0.794. The molecule has 1 nitrogen and oxygen atoms in total. The van der Waals surface area contributed by atoms with Crippen LogP contribution in [0.5, 0.6) is 0 Å². The van der Waals surface area contributed by atoms with Crippen LogP contribution in [0.25, 0.3) is 0 Å². The highest BCUT2D eigenvalue weighted by molar-refractivity contribution is 6.30. The second-order valence-electron chi connectivity index (χ2n) is 3.40. The van der Waals surface area contributed by atoms with Gasteiger partial charge in [-0.3, -0.25) is 4.98 Å². The second kappa shape index (κ2) is 4.94. The summed E-state index contributed by atoms with van der Waals surface area (Å²) in [6.45, 7) is 0. The maximum absolute atomic E-state index is 5.91. The first kappa shape index (κ1) is 10.2. The third-order valence-corrected chi connectivity index (χ3v) is 2.47. The highest BCUT2D eigenvalue weighted by Gasteiger charge is 1.96. The van der Waals surface area contributed by atoms with Gasteiger partial charge in [0.15, 0.2) is 0 Å². The normalized spacial score (nSPS) is 10.2. The Hall–Kier alpha value is -1.34. The molecular formula is C13H11ClN. The Balaban J connectivity index is 1.99. The fourth-order valence-electron chi connectivity index (χ4n) is 1.47. The molecule has 0 saturated carbocycles. The minimum atomic E-state index is 0.794. The van der Waals surface area contributed by atoms with E-state index in [4.69, 9.17) is 11.6 Å². The molecular weight excluding hydrogens is 206 g/mol. The van der Waals surface area contributed by atoms with Crippen molar-refractivity contribution in [3.63, 3.8) is 0 Å². The predicted molar refractivity (Wildman–Crippen MR) is 61.9 cm³/mol. The molecule has 0 saturated heterocycles. The number of hydrogen-bond donors (Lipinski definition) is 0. The molecule has 1 aromatic heterocycles. The number of rotatable bonds is 3. The van der Waals surface area contributed by atoms with Gasteiger partial charge in [-0.1, -0.05) is 29.8 Å². The molecule has 0 aliphatic rings. The van der Waals surface area contributed by atoms with Crippen LogP contribution >= 0.6 is 11.6 Å². The summed E-state index contributed by atoms with van der Waals surface area (Å²) in [4.78, 5) is 3.96. The van der Waals surface area contributed by atoms with Crippen LogP contribution in [-0.4, -0.2) is 4.98 Å². The van der Waals surface area contributed by atoms with Crippen LogP contribution < -0.4 is 0 Å². The SMILES string of the molecule is Clc1cccc(CCc2[c]nccc2)c1. The molecule has 0 atom stereocenters. The zero-order valence-electron chi connectivity index (χ0n) is 8.28. The Morgan fingerprint density at radius 3 is 2.80 bits per heavy atom. The van der Waals surface area contributed by atoms with Crippen molar-refractivity contribution < 1.29 is 0 Å². The van der Waals surface area contributed by atoms with Crippen molar-refractivity contribution in [1.82, 2.24) is 4.98 Å². The van der Waals surface area contributed by atoms with Crippen LogP contribution in [0, 0.1) is 6.20 Å². The molecule has 0 spiro atoms. The molecule has 0 fully saturated rings. The van der Waals surface area contributed by atoms with Gasteiger partial charge in [-0.05, 0) is 42.2 Å². The summed E-state index contributed by atoms with van der Waals surface area (Å²) in [5.41, 5.74) is 2.39. The molecule has 0 aliphatic carbocycles. The quantitative estimate of drug-likeness (QED) is 0.767. The van der Waals surface area contributed by atoms with E-state index in [0.717, 1.165) is 23.4 Å². The first-order valence-electron chi connectivity index (χ1n) is 4.90. The third-order valence-electron chi connectivity index (χ3n) is 2.24. The van der Waals surface area contributed by atoms with Gasteiger partial charge in [-0.15, -0.1) is 0 Å². The average Bonchev–Trinajstić information content (AvgIpc) is 2.28. The van der Waals surface area contributed by atoms with Gasteiger partial charge in [0.25, 0.3) is 0 Å². The number of benzene rings is 1. The molecule has 0 bridgehead atoms. The summed E-state index contributed by atoms with van der Waals surface area (Å²) in [6, 6.07) is 11.9. The molecule has 0 amide bonds. The van der Waals surface area contributed by atoms with E-state index in [0.29, 0.717) is 0 Å². The van der Waals surface area contributed by atoms with E-state index >= 15 is 0 Å². The molecule has 1 heterocycles. The number of aryl methyl sites for hydroxylation is 2. The molecule has 2 rings (SSSR count). The lowest BCUT2D eigenvalue weighted by Gasteiger charge is -2.01. The van der Waals surface area contributed by atoms with Crippen molar-refractivity contribution >= 4 is 11.6 Å². The summed E-state index contributed by atoms with van der Waals surface area (Å²) < 4.78 is 0. The van der Waals surface area contributed by atoms with Crippen LogP contribution in [0.3, 0.4) is 0 Å². The van der Waals surface area contributed by atoms with Gasteiger partial charge >= 0.3 is 0 Å². The van der Waals surface area contributed by atoms with E-state index in [1.165, 1.54) is 5.56 Å². The van der Waals surface area contributed by atoms with E-state index in [9.17, 15) is 0 Å². The molecule has 1 aromatic carbocycles. The van der Waals surface area contributed by atoms with E-state index in [1.807, 2.05) is 30.3 Å².